The number of sulfone groups is 1. The molecule has 0 saturated carbocycles. The van der Waals surface area contributed by atoms with Gasteiger partial charge in [-0.1, -0.05) is 60.7 Å². The number of aliphatic hydroxyl groups excluding tert-OH is 1. The number of carbonyl (C=O) groups is 1. The third-order valence-corrected chi connectivity index (χ3v) is 7.42. The highest BCUT2D eigenvalue weighted by Gasteiger charge is 2.31. The van der Waals surface area contributed by atoms with E-state index in [1.165, 1.54) is 30.3 Å². The molecule has 1 amide bonds. The molecule has 0 fully saturated rings. The first-order chi connectivity index (χ1) is 15.9. The number of amides is 1. The van der Waals surface area contributed by atoms with Crippen LogP contribution in [0.3, 0.4) is 0 Å². The third kappa shape index (κ3) is 3.88. The normalized spacial score (nSPS) is 14.9. The minimum absolute atomic E-state index is 0.0113. The number of hydrogen-bond acceptors (Lipinski definition) is 5. The lowest BCUT2D eigenvalue weighted by molar-refractivity contribution is 0.102. The van der Waals surface area contributed by atoms with Crippen LogP contribution in [-0.2, 0) is 9.84 Å². The van der Waals surface area contributed by atoms with Crippen LogP contribution in [0, 0.1) is 0 Å². The zero-order valence-electron chi connectivity index (χ0n) is 17.4. The van der Waals surface area contributed by atoms with Gasteiger partial charge in [0.25, 0.3) is 5.91 Å². The van der Waals surface area contributed by atoms with Crippen molar-refractivity contribution >= 4 is 27.1 Å². The zero-order valence-corrected chi connectivity index (χ0v) is 18.2. The van der Waals surface area contributed by atoms with Crippen LogP contribution < -0.4 is 10.6 Å². The Balaban J connectivity index is 1.46. The number of hydrogen-bond donors (Lipinski definition) is 3. The fourth-order valence-corrected chi connectivity index (χ4v) is 5.50. The van der Waals surface area contributed by atoms with Gasteiger partial charge in [-0.15, -0.1) is 0 Å². The smallest absolute Gasteiger partial charge is 0.257 e. The number of aliphatic hydroxyl groups is 1. The van der Waals surface area contributed by atoms with Crippen molar-refractivity contribution in [2.24, 2.45) is 0 Å². The van der Waals surface area contributed by atoms with E-state index in [9.17, 15) is 18.3 Å². The molecule has 0 spiro atoms. The third-order valence-electron chi connectivity index (χ3n) is 5.55. The molecule has 1 aliphatic rings. The predicted molar refractivity (Wildman–Crippen MR) is 127 cm³/mol. The maximum Gasteiger partial charge on any atom is 0.257 e. The van der Waals surface area contributed by atoms with Crippen LogP contribution in [0.4, 0.5) is 11.4 Å². The average molecular weight is 457 g/mol. The van der Waals surface area contributed by atoms with Gasteiger partial charge >= 0.3 is 0 Å². The van der Waals surface area contributed by atoms with E-state index in [0.29, 0.717) is 11.3 Å². The molecule has 0 radical (unpaired) electrons. The van der Waals surface area contributed by atoms with Gasteiger partial charge in [-0.2, -0.15) is 0 Å². The minimum Gasteiger partial charge on any atom is -0.369 e. The molecule has 33 heavy (non-hydrogen) atoms. The van der Waals surface area contributed by atoms with Crippen LogP contribution in [0.1, 0.15) is 22.1 Å². The van der Waals surface area contributed by atoms with Crippen molar-refractivity contribution in [1.82, 2.24) is 0 Å². The SMILES string of the molecule is O=C1Nc2cc(C(O)Nc3cccc(-c4ccccc4)c3)ccc2S(=O)(=O)c2ccccc21. The van der Waals surface area contributed by atoms with Gasteiger partial charge in [0.15, 0.2) is 6.23 Å². The Morgan fingerprint density at radius 3 is 2.30 bits per heavy atom. The van der Waals surface area contributed by atoms with Gasteiger partial charge in [0.05, 0.1) is 21.0 Å². The lowest BCUT2D eigenvalue weighted by Gasteiger charge is -2.17. The molecule has 1 atom stereocenters. The second-order valence-electron chi connectivity index (χ2n) is 7.70. The van der Waals surface area contributed by atoms with Crippen molar-refractivity contribution in [1.29, 1.82) is 0 Å². The van der Waals surface area contributed by atoms with E-state index in [2.05, 4.69) is 10.6 Å². The Hall–Kier alpha value is -3.94. The first-order valence-corrected chi connectivity index (χ1v) is 11.8. The number of nitrogens with one attached hydrogen (secondary N) is 2. The van der Waals surface area contributed by atoms with Gasteiger partial charge in [0.2, 0.25) is 9.84 Å². The summed E-state index contributed by atoms with van der Waals surface area (Å²) >= 11 is 0. The number of anilines is 2. The molecule has 0 aromatic heterocycles. The van der Waals surface area contributed by atoms with Crippen molar-refractivity contribution in [3.05, 3.63) is 108 Å². The summed E-state index contributed by atoms with van der Waals surface area (Å²) in [5.41, 5.74) is 3.38. The lowest BCUT2D eigenvalue weighted by Crippen LogP contribution is -2.13. The highest BCUT2D eigenvalue weighted by atomic mass is 32.2. The number of fused-ring (bicyclic) bond motifs is 2. The second-order valence-corrected chi connectivity index (χ2v) is 9.59. The fourth-order valence-electron chi connectivity index (χ4n) is 3.91. The lowest BCUT2D eigenvalue weighted by atomic mass is 10.1. The molecular weight excluding hydrogens is 436 g/mol. The zero-order chi connectivity index (χ0) is 23.0. The van der Waals surface area contributed by atoms with Crippen LogP contribution >= 0.6 is 0 Å². The molecule has 1 unspecified atom stereocenters. The molecule has 4 aromatic rings. The average Bonchev–Trinajstić information content (AvgIpc) is 2.92. The highest BCUT2D eigenvalue weighted by molar-refractivity contribution is 7.91. The van der Waals surface area contributed by atoms with Gasteiger partial charge < -0.3 is 15.7 Å². The molecule has 7 heteroatoms. The molecule has 0 saturated heterocycles. The van der Waals surface area contributed by atoms with Crippen molar-refractivity contribution in [3.8, 4) is 11.1 Å². The predicted octanol–water partition coefficient (Wildman–Crippen LogP) is 4.86. The molecule has 1 heterocycles. The fraction of sp³-hybridized carbons (Fsp3) is 0.0385. The van der Waals surface area contributed by atoms with Crippen LogP contribution in [0.5, 0.6) is 0 Å². The topological polar surface area (TPSA) is 95.5 Å². The molecule has 1 aliphatic heterocycles. The molecule has 6 nitrogen and oxygen atoms in total. The monoisotopic (exact) mass is 456 g/mol. The van der Waals surface area contributed by atoms with Crippen molar-refractivity contribution < 1.29 is 18.3 Å². The number of rotatable bonds is 4. The maximum atomic E-state index is 13.1. The van der Waals surface area contributed by atoms with E-state index in [1.54, 1.807) is 12.1 Å². The standard InChI is InChI=1S/C26H20N2O4S/c29-25(27-20-10-6-9-18(15-20)17-7-2-1-3-8-17)19-13-14-24-22(16-19)28-26(30)21-11-4-5-12-23(21)33(24,31)32/h1-16,25,27,29H,(H,28,30). The Bertz CT molecular complexity index is 1470. The van der Waals surface area contributed by atoms with Crippen molar-refractivity contribution in [2.45, 2.75) is 16.0 Å². The van der Waals surface area contributed by atoms with Gasteiger partial charge in [-0.25, -0.2) is 8.42 Å². The maximum absolute atomic E-state index is 13.1. The summed E-state index contributed by atoms with van der Waals surface area (Å²) in [6.45, 7) is 0. The van der Waals surface area contributed by atoms with Gasteiger partial charge in [-0.3, -0.25) is 4.79 Å². The summed E-state index contributed by atoms with van der Waals surface area (Å²) in [6.07, 6.45) is -1.12. The van der Waals surface area contributed by atoms with E-state index >= 15 is 0 Å². The van der Waals surface area contributed by atoms with E-state index in [0.717, 1.165) is 11.1 Å². The van der Waals surface area contributed by atoms with Crippen molar-refractivity contribution in [2.75, 3.05) is 10.6 Å². The summed E-state index contributed by atoms with van der Waals surface area (Å²) in [6, 6.07) is 28.0. The van der Waals surface area contributed by atoms with E-state index in [4.69, 9.17) is 0 Å². The molecule has 4 aromatic carbocycles. The van der Waals surface area contributed by atoms with Crippen molar-refractivity contribution in [3.63, 3.8) is 0 Å². The van der Waals surface area contributed by atoms with Gasteiger partial charge in [-0.05, 0) is 47.5 Å². The summed E-state index contributed by atoms with van der Waals surface area (Å²) in [4.78, 5) is 12.6. The Kier molecular flexibility index (Phi) is 5.20. The summed E-state index contributed by atoms with van der Waals surface area (Å²) in [7, 11) is -3.89. The van der Waals surface area contributed by atoms with Gasteiger partial charge in [0, 0.05) is 11.3 Å². The number of carbonyl (C=O) groups excluding carboxylic acids is 1. The second kappa shape index (κ2) is 8.20. The Labute approximate surface area is 191 Å². The summed E-state index contributed by atoms with van der Waals surface area (Å²) < 4.78 is 26.3. The van der Waals surface area contributed by atoms with E-state index in [-0.39, 0.29) is 21.0 Å². The van der Waals surface area contributed by atoms with E-state index < -0.39 is 22.0 Å². The minimum atomic E-state index is -3.89. The largest absolute Gasteiger partial charge is 0.369 e. The highest BCUT2D eigenvalue weighted by Crippen LogP contribution is 2.35. The Morgan fingerprint density at radius 2 is 1.48 bits per heavy atom. The quantitative estimate of drug-likeness (QED) is 0.382. The van der Waals surface area contributed by atoms with Gasteiger partial charge in [0.1, 0.15) is 0 Å². The molecule has 5 rings (SSSR count). The first kappa shape index (κ1) is 20.9. The molecule has 0 bridgehead atoms. The summed E-state index contributed by atoms with van der Waals surface area (Å²) in [5.74, 6) is -0.511. The van der Waals surface area contributed by atoms with E-state index in [1.807, 2.05) is 54.6 Å². The molecular formula is C26H20N2O4S. The van der Waals surface area contributed by atoms with Crippen LogP contribution in [0.25, 0.3) is 11.1 Å². The van der Waals surface area contributed by atoms with Crippen LogP contribution in [-0.4, -0.2) is 19.4 Å². The number of benzene rings is 4. The van der Waals surface area contributed by atoms with Crippen LogP contribution in [0.2, 0.25) is 0 Å². The first-order valence-electron chi connectivity index (χ1n) is 10.3. The molecule has 0 aliphatic carbocycles. The van der Waals surface area contributed by atoms with Crippen LogP contribution in [0.15, 0.2) is 107 Å². The molecule has 3 N–H and O–H groups in total. The Morgan fingerprint density at radius 1 is 0.758 bits per heavy atom. The summed E-state index contributed by atoms with van der Waals surface area (Å²) in [5, 5.41) is 16.5. The molecule has 164 valence electrons.